The first kappa shape index (κ1) is 13.8. The van der Waals surface area contributed by atoms with Crippen LogP contribution in [0.4, 0.5) is 11.5 Å². The highest BCUT2D eigenvalue weighted by atomic mass is 16.6. The molecule has 2 rings (SSSR count). The molecular formula is C14H15N3O3. The number of para-hydroxylation sites is 1. The van der Waals surface area contributed by atoms with E-state index in [1.807, 2.05) is 24.3 Å². The number of ether oxygens (including phenoxy) is 1. The molecule has 0 radical (unpaired) electrons. The molecule has 0 amide bonds. The van der Waals surface area contributed by atoms with Crippen molar-refractivity contribution in [1.29, 1.82) is 0 Å². The number of benzene rings is 1. The molecule has 20 heavy (non-hydrogen) atoms. The smallest absolute Gasteiger partial charge is 0.311 e. The molecule has 0 atom stereocenters. The molecule has 0 aliphatic carbocycles. The molecule has 0 fully saturated rings. The fourth-order valence-corrected chi connectivity index (χ4v) is 1.91. The van der Waals surface area contributed by atoms with E-state index in [4.69, 9.17) is 4.74 Å². The molecule has 6 nitrogen and oxygen atoms in total. The Hall–Kier alpha value is -2.63. The number of nitrogens with one attached hydrogen (secondary N) is 1. The van der Waals surface area contributed by atoms with Crippen molar-refractivity contribution in [1.82, 2.24) is 4.98 Å². The molecule has 1 N–H and O–H groups in total. The van der Waals surface area contributed by atoms with Gasteiger partial charge in [-0.2, -0.15) is 0 Å². The molecule has 1 heterocycles. The third kappa shape index (κ3) is 3.23. The summed E-state index contributed by atoms with van der Waals surface area (Å²) < 4.78 is 5.26. The van der Waals surface area contributed by atoms with Gasteiger partial charge in [0.2, 0.25) is 5.82 Å². The zero-order chi connectivity index (χ0) is 14.4. The first-order valence-corrected chi connectivity index (χ1v) is 6.17. The Kier molecular flexibility index (Phi) is 4.49. The van der Waals surface area contributed by atoms with E-state index in [-0.39, 0.29) is 11.5 Å². The van der Waals surface area contributed by atoms with E-state index in [0.717, 1.165) is 11.3 Å². The Morgan fingerprint density at radius 3 is 2.85 bits per heavy atom. The van der Waals surface area contributed by atoms with Gasteiger partial charge in [-0.25, -0.2) is 4.98 Å². The molecule has 0 aliphatic rings. The Bertz CT molecular complexity index is 602. The van der Waals surface area contributed by atoms with Crippen LogP contribution in [-0.4, -0.2) is 23.6 Å². The second-order valence-electron chi connectivity index (χ2n) is 4.12. The van der Waals surface area contributed by atoms with E-state index in [1.54, 1.807) is 13.2 Å². The van der Waals surface area contributed by atoms with E-state index >= 15 is 0 Å². The molecule has 1 aromatic heterocycles. The number of rotatable bonds is 6. The van der Waals surface area contributed by atoms with Gasteiger partial charge < -0.3 is 10.1 Å². The molecule has 6 heteroatoms. The molecule has 0 unspecified atom stereocenters. The lowest BCUT2D eigenvalue weighted by atomic mass is 10.1. The summed E-state index contributed by atoms with van der Waals surface area (Å²) in [6.07, 6.45) is 2.22. The van der Waals surface area contributed by atoms with Crippen molar-refractivity contribution < 1.29 is 9.66 Å². The predicted octanol–water partition coefficient (Wildman–Crippen LogP) is 2.65. The third-order valence-corrected chi connectivity index (χ3v) is 2.86. The molecule has 104 valence electrons. The van der Waals surface area contributed by atoms with E-state index in [2.05, 4.69) is 10.3 Å². The predicted molar refractivity (Wildman–Crippen MR) is 76.1 cm³/mol. The van der Waals surface area contributed by atoms with Gasteiger partial charge in [0.25, 0.3) is 0 Å². The van der Waals surface area contributed by atoms with Gasteiger partial charge in [-0.3, -0.25) is 10.1 Å². The number of anilines is 1. The van der Waals surface area contributed by atoms with Crippen molar-refractivity contribution in [2.24, 2.45) is 0 Å². The summed E-state index contributed by atoms with van der Waals surface area (Å²) in [5, 5.41) is 13.8. The van der Waals surface area contributed by atoms with Gasteiger partial charge in [0.1, 0.15) is 5.75 Å². The lowest BCUT2D eigenvalue weighted by molar-refractivity contribution is -0.384. The molecule has 0 bridgehead atoms. The van der Waals surface area contributed by atoms with Crippen LogP contribution in [0.5, 0.6) is 5.75 Å². The van der Waals surface area contributed by atoms with Gasteiger partial charge in [0, 0.05) is 18.8 Å². The number of nitro groups is 1. The van der Waals surface area contributed by atoms with Crippen LogP contribution in [0.3, 0.4) is 0 Å². The minimum absolute atomic E-state index is 0.0208. The van der Waals surface area contributed by atoms with Crippen molar-refractivity contribution in [3.8, 4) is 5.75 Å². The molecule has 0 spiro atoms. The SMILES string of the molecule is COc1ccccc1CCNc1ncccc1[N+](=O)[O-]. The second kappa shape index (κ2) is 6.51. The van der Waals surface area contributed by atoms with Crippen LogP contribution in [0.25, 0.3) is 0 Å². The summed E-state index contributed by atoms with van der Waals surface area (Å²) in [5.41, 5.74) is 1.02. The van der Waals surface area contributed by atoms with E-state index < -0.39 is 4.92 Å². The fourth-order valence-electron chi connectivity index (χ4n) is 1.91. The third-order valence-electron chi connectivity index (χ3n) is 2.86. The quantitative estimate of drug-likeness (QED) is 0.646. The minimum atomic E-state index is -0.446. The van der Waals surface area contributed by atoms with Crippen LogP contribution >= 0.6 is 0 Å². The maximum Gasteiger partial charge on any atom is 0.311 e. The fraction of sp³-hybridized carbons (Fsp3) is 0.214. The number of hydrogen-bond acceptors (Lipinski definition) is 5. The molecule has 1 aromatic carbocycles. The van der Waals surface area contributed by atoms with Crippen LogP contribution < -0.4 is 10.1 Å². The van der Waals surface area contributed by atoms with Crippen molar-refractivity contribution >= 4 is 11.5 Å². The van der Waals surface area contributed by atoms with Crippen LogP contribution in [0.2, 0.25) is 0 Å². The molecular weight excluding hydrogens is 258 g/mol. The second-order valence-corrected chi connectivity index (χ2v) is 4.12. The van der Waals surface area contributed by atoms with Gasteiger partial charge in [-0.15, -0.1) is 0 Å². The van der Waals surface area contributed by atoms with Gasteiger partial charge in [-0.05, 0) is 24.1 Å². The maximum absolute atomic E-state index is 10.9. The van der Waals surface area contributed by atoms with Crippen molar-refractivity contribution in [2.75, 3.05) is 19.0 Å². The molecule has 0 saturated heterocycles. The summed E-state index contributed by atoms with van der Waals surface area (Å²) >= 11 is 0. The Balaban J connectivity index is 2.01. The van der Waals surface area contributed by atoms with Crippen LogP contribution in [-0.2, 0) is 6.42 Å². The normalized spacial score (nSPS) is 10.1. The number of pyridine rings is 1. The summed E-state index contributed by atoms with van der Waals surface area (Å²) in [5.74, 6) is 1.09. The first-order chi connectivity index (χ1) is 9.72. The molecule has 0 saturated carbocycles. The van der Waals surface area contributed by atoms with E-state index in [9.17, 15) is 10.1 Å². The summed E-state index contributed by atoms with van der Waals surface area (Å²) in [6, 6.07) is 10.7. The van der Waals surface area contributed by atoms with Crippen LogP contribution in [0, 0.1) is 10.1 Å². The van der Waals surface area contributed by atoms with Crippen LogP contribution in [0.15, 0.2) is 42.6 Å². The van der Waals surface area contributed by atoms with Gasteiger partial charge in [0.15, 0.2) is 0 Å². The highest BCUT2D eigenvalue weighted by molar-refractivity contribution is 5.55. The lowest BCUT2D eigenvalue weighted by Gasteiger charge is -2.09. The summed E-state index contributed by atoms with van der Waals surface area (Å²) in [6.45, 7) is 0.540. The molecule has 0 aliphatic heterocycles. The average Bonchev–Trinajstić information content (AvgIpc) is 2.48. The van der Waals surface area contributed by atoms with Gasteiger partial charge in [-0.1, -0.05) is 18.2 Å². The number of hydrogen-bond donors (Lipinski definition) is 1. The highest BCUT2D eigenvalue weighted by Crippen LogP contribution is 2.21. The van der Waals surface area contributed by atoms with E-state index in [1.165, 1.54) is 12.3 Å². The average molecular weight is 273 g/mol. The standard InChI is InChI=1S/C14H15N3O3/c1-20-13-7-3-2-5-11(13)8-10-16-14-12(17(18)19)6-4-9-15-14/h2-7,9H,8,10H2,1H3,(H,15,16). The molecule has 2 aromatic rings. The van der Waals surface area contributed by atoms with Crippen LogP contribution in [0.1, 0.15) is 5.56 Å². The zero-order valence-corrected chi connectivity index (χ0v) is 11.1. The van der Waals surface area contributed by atoms with Gasteiger partial charge >= 0.3 is 5.69 Å². The largest absolute Gasteiger partial charge is 0.496 e. The van der Waals surface area contributed by atoms with Crippen molar-refractivity contribution in [2.45, 2.75) is 6.42 Å². The number of nitrogens with zero attached hydrogens (tertiary/aromatic N) is 2. The van der Waals surface area contributed by atoms with Crippen molar-refractivity contribution in [3.63, 3.8) is 0 Å². The Labute approximate surface area is 116 Å². The minimum Gasteiger partial charge on any atom is -0.496 e. The maximum atomic E-state index is 10.9. The zero-order valence-electron chi connectivity index (χ0n) is 11.1. The highest BCUT2D eigenvalue weighted by Gasteiger charge is 2.13. The topological polar surface area (TPSA) is 77.3 Å². The summed E-state index contributed by atoms with van der Waals surface area (Å²) in [7, 11) is 1.62. The van der Waals surface area contributed by atoms with Crippen molar-refractivity contribution in [3.05, 3.63) is 58.3 Å². The van der Waals surface area contributed by atoms with Gasteiger partial charge in [0.05, 0.1) is 12.0 Å². The van der Waals surface area contributed by atoms with E-state index in [0.29, 0.717) is 13.0 Å². The number of methoxy groups -OCH3 is 1. The summed E-state index contributed by atoms with van der Waals surface area (Å²) in [4.78, 5) is 14.4. The Morgan fingerprint density at radius 2 is 2.10 bits per heavy atom. The first-order valence-electron chi connectivity index (χ1n) is 6.17. The monoisotopic (exact) mass is 273 g/mol. The number of aromatic nitrogens is 1. The lowest BCUT2D eigenvalue weighted by Crippen LogP contribution is -2.08. The Morgan fingerprint density at radius 1 is 1.30 bits per heavy atom.